The van der Waals surface area contributed by atoms with E-state index in [2.05, 4.69) is 127 Å². The molecule has 0 N–H and O–H groups in total. The van der Waals surface area contributed by atoms with E-state index in [1.807, 2.05) is 30.3 Å². The molecule has 0 aliphatic carbocycles. The van der Waals surface area contributed by atoms with Crippen molar-refractivity contribution in [3.63, 3.8) is 0 Å². The molecule has 2 heterocycles. The lowest BCUT2D eigenvalue weighted by Crippen LogP contribution is -2.01. The Morgan fingerprint density at radius 2 is 0.826 bits per heavy atom. The first-order valence-corrected chi connectivity index (χ1v) is 15.4. The molecule has 214 valence electrons. The Morgan fingerprint density at radius 1 is 0.283 bits per heavy atom. The van der Waals surface area contributed by atoms with E-state index in [1.165, 1.54) is 32.3 Å². The van der Waals surface area contributed by atoms with Gasteiger partial charge in [0.05, 0.1) is 5.52 Å². The summed E-state index contributed by atoms with van der Waals surface area (Å²) in [5.74, 6) is 1.76. The molecule has 0 atom stereocenters. The molecule has 0 saturated carbocycles. The molecule has 9 aromatic rings. The highest BCUT2D eigenvalue weighted by atomic mass is 15.0. The van der Waals surface area contributed by atoms with Gasteiger partial charge < -0.3 is 0 Å². The molecule has 0 unspecified atom stereocenters. The van der Waals surface area contributed by atoms with Crippen LogP contribution in [0.15, 0.2) is 158 Å². The molecule has 4 heteroatoms. The Kier molecular flexibility index (Phi) is 6.10. The SMILES string of the molecule is c1ccc(-c2cccc(-c3nc(-c4ccc5c6ccccc6c6ccccc6c5c4)nc(-c4ccc5ccccc5n4)n3)c2)cc1. The lowest BCUT2D eigenvalue weighted by molar-refractivity contribution is 1.06. The molecule has 0 fully saturated rings. The predicted octanol–water partition coefficient (Wildman–Crippen LogP) is 10.5. The second-order valence-electron chi connectivity index (χ2n) is 11.5. The molecule has 9 rings (SSSR count). The van der Waals surface area contributed by atoms with Gasteiger partial charge in [0.15, 0.2) is 17.5 Å². The van der Waals surface area contributed by atoms with Gasteiger partial charge in [-0.15, -0.1) is 0 Å². The highest BCUT2D eigenvalue weighted by Crippen LogP contribution is 2.37. The largest absolute Gasteiger partial charge is 0.244 e. The van der Waals surface area contributed by atoms with Gasteiger partial charge in [-0.2, -0.15) is 0 Å². The van der Waals surface area contributed by atoms with Crippen LogP contribution >= 0.6 is 0 Å². The summed E-state index contributed by atoms with van der Waals surface area (Å²) >= 11 is 0. The quantitative estimate of drug-likeness (QED) is 0.193. The van der Waals surface area contributed by atoms with Crippen LogP contribution in [0.3, 0.4) is 0 Å². The number of nitrogens with zero attached hydrogens (tertiary/aromatic N) is 4. The van der Waals surface area contributed by atoms with Gasteiger partial charge in [-0.05, 0) is 67.7 Å². The Morgan fingerprint density at radius 3 is 1.57 bits per heavy atom. The molecule has 0 amide bonds. The highest BCUT2D eigenvalue weighted by molar-refractivity contribution is 6.25. The summed E-state index contributed by atoms with van der Waals surface area (Å²) in [6.07, 6.45) is 0. The number of hydrogen-bond acceptors (Lipinski definition) is 4. The number of hydrogen-bond donors (Lipinski definition) is 0. The van der Waals surface area contributed by atoms with E-state index < -0.39 is 0 Å². The fraction of sp³-hybridized carbons (Fsp3) is 0. The van der Waals surface area contributed by atoms with Crippen molar-refractivity contribution in [1.82, 2.24) is 19.9 Å². The maximum atomic E-state index is 5.10. The van der Waals surface area contributed by atoms with Gasteiger partial charge in [-0.3, -0.25) is 0 Å². The van der Waals surface area contributed by atoms with Gasteiger partial charge >= 0.3 is 0 Å². The summed E-state index contributed by atoms with van der Waals surface area (Å²) in [5, 5.41) is 8.38. The average molecular weight is 587 g/mol. The lowest BCUT2D eigenvalue weighted by Gasteiger charge is -2.13. The third-order valence-electron chi connectivity index (χ3n) is 8.69. The molecule has 7 aromatic carbocycles. The van der Waals surface area contributed by atoms with Crippen molar-refractivity contribution in [2.45, 2.75) is 0 Å². The van der Waals surface area contributed by atoms with Crippen LogP contribution in [-0.4, -0.2) is 19.9 Å². The van der Waals surface area contributed by atoms with Crippen molar-refractivity contribution < 1.29 is 0 Å². The third kappa shape index (κ3) is 4.47. The Balaban J connectivity index is 1.28. The van der Waals surface area contributed by atoms with E-state index >= 15 is 0 Å². The molecule has 0 saturated heterocycles. The van der Waals surface area contributed by atoms with Gasteiger partial charge in [0.2, 0.25) is 0 Å². The minimum atomic E-state index is 0.541. The summed E-state index contributed by atoms with van der Waals surface area (Å²) in [6, 6.07) is 54.7. The van der Waals surface area contributed by atoms with Crippen LogP contribution in [0, 0.1) is 0 Å². The molecule has 2 aromatic heterocycles. The van der Waals surface area contributed by atoms with Crippen molar-refractivity contribution in [2.75, 3.05) is 0 Å². The third-order valence-corrected chi connectivity index (χ3v) is 8.69. The van der Waals surface area contributed by atoms with Crippen molar-refractivity contribution in [2.24, 2.45) is 0 Å². The zero-order chi connectivity index (χ0) is 30.5. The number of benzene rings is 7. The first kappa shape index (κ1) is 26.2. The number of aromatic nitrogens is 4. The van der Waals surface area contributed by atoms with Crippen molar-refractivity contribution in [3.05, 3.63) is 158 Å². The van der Waals surface area contributed by atoms with E-state index in [-0.39, 0.29) is 0 Å². The summed E-state index contributed by atoms with van der Waals surface area (Å²) in [6.45, 7) is 0. The molecule has 0 bridgehead atoms. The molecular formula is C42H26N4. The summed E-state index contributed by atoms with van der Waals surface area (Å²) < 4.78 is 0. The van der Waals surface area contributed by atoms with Gasteiger partial charge in [-0.1, -0.05) is 133 Å². The van der Waals surface area contributed by atoms with E-state index in [9.17, 15) is 0 Å². The first-order chi connectivity index (χ1) is 22.8. The number of rotatable bonds is 4. The number of pyridine rings is 1. The fourth-order valence-electron chi connectivity index (χ4n) is 6.45. The van der Waals surface area contributed by atoms with Crippen molar-refractivity contribution >= 4 is 43.2 Å². The average Bonchev–Trinajstić information content (AvgIpc) is 3.15. The number of fused-ring (bicyclic) bond motifs is 7. The minimum Gasteiger partial charge on any atom is -0.244 e. The number of para-hydroxylation sites is 1. The van der Waals surface area contributed by atoms with Gasteiger partial charge in [0.1, 0.15) is 5.69 Å². The smallest absolute Gasteiger partial charge is 0.182 e. The normalized spacial score (nSPS) is 11.5. The first-order valence-electron chi connectivity index (χ1n) is 15.4. The van der Waals surface area contributed by atoms with E-state index in [4.69, 9.17) is 19.9 Å². The lowest BCUT2D eigenvalue weighted by atomic mass is 9.93. The summed E-state index contributed by atoms with van der Waals surface area (Å²) in [5.41, 5.74) is 5.71. The maximum absolute atomic E-state index is 5.10. The van der Waals surface area contributed by atoms with Crippen molar-refractivity contribution in [3.8, 4) is 45.4 Å². The summed E-state index contributed by atoms with van der Waals surface area (Å²) in [7, 11) is 0. The molecule has 46 heavy (non-hydrogen) atoms. The zero-order valence-corrected chi connectivity index (χ0v) is 24.8. The van der Waals surface area contributed by atoms with Gasteiger partial charge in [0.25, 0.3) is 0 Å². The maximum Gasteiger partial charge on any atom is 0.182 e. The molecule has 0 radical (unpaired) electrons. The Bertz CT molecular complexity index is 2560. The molecule has 0 aliphatic rings. The molecule has 4 nitrogen and oxygen atoms in total. The van der Waals surface area contributed by atoms with Crippen LogP contribution in [0.25, 0.3) is 88.6 Å². The van der Waals surface area contributed by atoms with Crippen LogP contribution in [0.4, 0.5) is 0 Å². The standard InChI is InChI=1S/C42H26N4/c1-2-11-27(12-3-1)29-14-10-15-30(25-29)40-44-41(46-42(45-40)39-24-22-28-13-4-9-20-38(28)43-39)31-21-23-36-34-18-6-5-16-32(34)33-17-7-8-19-35(33)37(36)26-31/h1-26H. The van der Waals surface area contributed by atoms with E-state index in [1.54, 1.807) is 0 Å². The van der Waals surface area contributed by atoms with Crippen LogP contribution < -0.4 is 0 Å². The van der Waals surface area contributed by atoms with E-state index in [0.29, 0.717) is 23.2 Å². The zero-order valence-electron chi connectivity index (χ0n) is 24.8. The highest BCUT2D eigenvalue weighted by Gasteiger charge is 2.16. The summed E-state index contributed by atoms with van der Waals surface area (Å²) in [4.78, 5) is 20.1. The Labute approximate surface area is 265 Å². The van der Waals surface area contributed by atoms with Gasteiger partial charge in [-0.25, -0.2) is 19.9 Å². The molecule has 0 spiro atoms. The molecule has 0 aliphatic heterocycles. The topological polar surface area (TPSA) is 51.6 Å². The van der Waals surface area contributed by atoms with Crippen molar-refractivity contribution in [1.29, 1.82) is 0 Å². The van der Waals surface area contributed by atoms with Crippen LogP contribution in [-0.2, 0) is 0 Å². The predicted molar refractivity (Wildman–Crippen MR) is 189 cm³/mol. The molecular weight excluding hydrogens is 560 g/mol. The minimum absolute atomic E-state index is 0.541. The van der Waals surface area contributed by atoms with Gasteiger partial charge in [0, 0.05) is 16.5 Å². The second-order valence-corrected chi connectivity index (χ2v) is 11.5. The fourth-order valence-corrected chi connectivity index (χ4v) is 6.45. The second kappa shape index (κ2) is 10.7. The van der Waals surface area contributed by atoms with E-state index in [0.717, 1.165) is 33.2 Å². The van der Waals surface area contributed by atoms with Crippen LogP contribution in [0.1, 0.15) is 0 Å². The Hall–Kier alpha value is -6.26. The van der Waals surface area contributed by atoms with Crippen LogP contribution in [0.2, 0.25) is 0 Å². The monoisotopic (exact) mass is 586 g/mol. The van der Waals surface area contributed by atoms with Crippen LogP contribution in [0.5, 0.6) is 0 Å².